The molecule has 1 heterocycles. The van der Waals surface area contributed by atoms with Gasteiger partial charge in [0.2, 0.25) is 0 Å². The predicted octanol–water partition coefficient (Wildman–Crippen LogP) is 2.58. The van der Waals surface area contributed by atoms with Gasteiger partial charge in [-0.15, -0.1) is 0 Å². The predicted molar refractivity (Wildman–Crippen MR) is 45.4 cm³/mol. The van der Waals surface area contributed by atoms with Crippen molar-refractivity contribution in [3.05, 3.63) is 28.3 Å². The number of rotatable bonds is 0. The van der Waals surface area contributed by atoms with E-state index in [4.69, 9.17) is 16.3 Å². The molecule has 0 fully saturated rings. The molecule has 0 saturated carbocycles. The van der Waals surface area contributed by atoms with Crippen LogP contribution < -0.4 is 4.74 Å². The molecule has 0 amide bonds. The van der Waals surface area contributed by atoms with E-state index < -0.39 is 0 Å². The van der Waals surface area contributed by atoms with E-state index in [9.17, 15) is 0 Å². The van der Waals surface area contributed by atoms with Gasteiger partial charge < -0.3 is 4.74 Å². The van der Waals surface area contributed by atoms with Crippen molar-refractivity contribution in [2.24, 2.45) is 0 Å². The zero-order valence-corrected chi connectivity index (χ0v) is 7.11. The van der Waals surface area contributed by atoms with Gasteiger partial charge in [-0.1, -0.05) is 11.6 Å². The summed E-state index contributed by atoms with van der Waals surface area (Å²) >= 11 is 5.85. The molecular formula is C9H9ClO. The Balaban J connectivity index is 2.60. The van der Waals surface area contributed by atoms with Crippen LogP contribution >= 0.6 is 11.6 Å². The maximum Gasteiger partial charge on any atom is 0.124 e. The zero-order valence-electron chi connectivity index (χ0n) is 6.36. The van der Waals surface area contributed by atoms with Crippen molar-refractivity contribution in [2.75, 3.05) is 6.61 Å². The summed E-state index contributed by atoms with van der Waals surface area (Å²) in [5, 5.41) is 0.767. The van der Waals surface area contributed by atoms with Crippen LogP contribution in [-0.4, -0.2) is 6.61 Å². The fraction of sp³-hybridized carbons (Fsp3) is 0.333. The van der Waals surface area contributed by atoms with E-state index in [-0.39, 0.29) is 0 Å². The molecule has 2 heteroatoms. The van der Waals surface area contributed by atoms with E-state index in [1.165, 1.54) is 11.1 Å². The molecule has 0 radical (unpaired) electrons. The fourth-order valence-corrected chi connectivity index (χ4v) is 1.72. The first-order chi connectivity index (χ1) is 5.27. The van der Waals surface area contributed by atoms with Crippen molar-refractivity contribution in [3.63, 3.8) is 0 Å². The van der Waals surface area contributed by atoms with Crippen LogP contribution in [0.2, 0.25) is 5.02 Å². The number of halogens is 1. The molecule has 0 N–H and O–H groups in total. The minimum Gasteiger partial charge on any atom is -0.493 e. The van der Waals surface area contributed by atoms with Crippen LogP contribution in [0.4, 0.5) is 0 Å². The quantitative estimate of drug-likeness (QED) is 0.579. The molecule has 1 nitrogen and oxygen atoms in total. The van der Waals surface area contributed by atoms with Gasteiger partial charge >= 0.3 is 0 Å². The largest absolute Gasteiger partial charge is 0.493 e. The van der Waals surface area contributed by atoms with E-state index in [1.54, 1.807) is 0 Å². The van der Waals surface area contributed by atoms with Gasteiger partial charge in [0, 0.05) is 17.0 Å². The first-order valence-electron chi connectivity index (χ1n) is 3.69. The third-order valence-electron chi connectivity index (χ3n) is 2.01. The van der Waals surface area contributed by atoms with Crippen LogP contribution in [0.5, 0.6) is 5.75 Å². The fourth-order valence-electron chi connectivity index (χ4n) is 1.45. The normalized spacial score (nSPS) is 14.4. The van der Waals surface area contributed by atoms with Gasteiger partial charge in [0.15, 0.2) is 0 Å². The van der Waals surface area contributed by atoms with Crippen molar-refractivity contribution in [1.29, 1.82) is 0 Å². The molecule has 2 rings (SSSR count). The Labute approximate surface area is 70.9 Å². The molecule has 0 aromatic heterocycles. The summed E-state index contributed by atoms with van der Waals surface area (Å²) in [6, 6.07) is 3.87. The number of hydrogen-bond donors (Lipinski definition) is 0. The van der Waals surface area contributed by atoms with Crippen LogP contribution in [0.25, 0.3) is 0 Å². The minimum atomic E-state index is 0.767. The van der Waals surface area contributed by atoms with E-state index in [0.717, 1.165) is 23.8 Å². The van der Waals surface area contributed by atoms with Crippen LogP contribution in [0.3, 0.4) is 0 Å². The lowest BCUT2D eigenvalue weighted by Crippen LogP contribution is -1.86. The first kappa shape index (κ1) is 6.99. The first-order valence-corrected chi connectivity index (χ1v) is 4.07. The Hall–Kier alpha value is -0.690. The lowest BCUT2D eigenvalue weighted by Gasteiger charge is -2.02. The van der Waals surface area contributed by atoms with E-state index in [1.807, 2.05) is 12.1 Å². The van der Waals surface area contributed by atoms with Crippen molar-refractivity contribution >= 4 is 11.6 Å². The van der Waals surface area contributed by atoms with Crippen LogP contribution in [0, 0.1) is 6.92 Å². The summed E-state index contributed by atoms with van der Waals surface area (Å²) in [5.41, 5.74) is 2.56. The van der Waals surface area contributed by atoms with E-state index >= 15 is 0 Å². The Morgan fingerprint density at radius 1 is 1.45 bits per heavy atom. The molecule has 1 aliphatic rings. The summed E-state index contributed by atoms with van der Waals surface area (Å²) in [6.45, 7) is 2.87. The molecule has 1 aliphatic heterocycles. The van der Waals surface area contributed by atoms with Crippen molar-refractivity contribution in [1.82, 2.24) is 0 Å². The highest BCUT2D eigenvalue weighted by atomic mass is 35.5. The Morgan fingerprint density at radius 3 is 3.09 bits per heavy atom. The molecular weight excluding hydrogens is 160 g/mol. The molecule has 1 aromatic rings. The molecule has 58 valence electrons. The van der Waals surface area contributed by atoms with Crippen molar-refractivity contribution < 1.29 is 4.74 Å². The monoisotopic (exact) mass is 168 g/mol. The van der Waals surface area contributed by atoms with E-state index in [0.29, 0.717) is 0 Å². The summed E-state index contributed by atoms with van der Waals surface area (Å²) < 4.78 is 5.38. The highest BCUT2D eigenvalue weighted by molar-refractivity contribution is 6.30. The van der Waals surface area contributed by atoms with E-state index in [2.05, 4.69) is 6.92 Å². The molecule has 0 unspecified atom stereocenters. The maximum absolute atomic E-state index is 5.85. The molecule has 0 saturated heterocycles. The molecule has 0 bridgehead atoms. The van der Waals surface area contributed by atoms with Gasteiger partial charge in [-0.2, -0.15) is 0 Å². The number of aryl methyl sites for hydroxylation is 1. The minimum absolute atomic E-state index is 0.767. The Morgan fingerprint density at radius 2 is 2.27 bits per heavy atom. The second-order valence-corrected chi connectivity index (χ2v) is 3.23. The Kier molecular flexibility index (Phi) is 1.53. The van der Waals surface area contributed by atoms with Crippen LogP contribution in [0.1, 0.15) is 11.1 Å². The Bertz CT molecular complexity index is 294. The average molecular weight is 169 g/mol. The third-order valence-corrected chi connectivity index (χ3v) is 2.22. The third kappa shape index (κ3) is 1.10. The standard InChI is InChI=1S/C9H9ClO/c1-6-4-7(10)5-9-8(6)2-3-11-9/h4-5H,2-3H2,1H3. The lowest BCUT2D eigenvalue weighted by molar-refractivity contribution is 0.357. The SMILES string of the molecule is Cc1cc(Cl)cc2c1CCO2. The maximum atomic E-state index is 5.85. The lowest BCUT2D eigenvalue weighted by atomic mass is 10.1. The van der Waals surface area contributed by atoms with Gasteiger partial charge in [-0.05, 0) is 24.6 Å². The van der Waals surface area contributed by atoms with Gasteiger partial charge in [-0.3, -0.25) is 0 Å². The topological polar surface area (TPSA) is 9.23 Å². The molecule has 11 heavy (non-hydrogen) atoms. The van der Waals surface area contributed by atoms with Gasteiger partial charge in [-0.25, -0.2) is 0 Å². The molecule has 1 aromatic carbocycles. The molecule has 0 atom stereocenters. The van der Waals surface area contributed by atoms with Crippen LogP contribution in [0.15, 0.2) is 12.1 Å². The summed E-state index contributed by atoms with van der Waals surface area (Å²) in [4.78, 5) is 0. The number of benzene rings is 1. The van der Waals surface area contributed by atoms with Gasteiger partial charge in [0.1, 0.15) is 5.75 Å². The highest BCUT2D eigenvalue weighted by Gasteiger charge is 2.14. The summed E-state index contributed by atoms with van der Waals surface area (Å²) in [7, 11) is 0. The van der Waals surface area contributed by atoms with Crippen molar-refractivity contribution in [3.8, 4) is 5.75 Å². The zero-order chi connectivity index (χ0) is 7.84. The second kappa shape index (κ2) is 2.42. The van der Waals surface area contributed by atoms with Gasteiger partial charge in [0.25, 0.3) is 0 Å². The molecule has 0 aliphatic carbocycles. The summed E-state index contributed by atoms with van der Waals surface area (Å²) in [5.74, 6) is 0.968. The van der Waals surface area contributed by atoms with Crippen LogP contribution in [-0.2, 0) is 6.42 Å². The van der Waals surface area contributed by atoms with Crippen molar-refractivity contribution in [2.45, 2.75) is 13.3 Å². The van der Waals surface area contributed by atoms with Gasteiger partial charge in [0.05, 0.1) is 6.61 Å². The highest BCUT2D eigenvalue weighted by Crippen LogP contribution is 2.31. The summed E-state index contributed by atoms with van der Waals surface area (Å²) in [6.07, 6.45) is 1.03. The number of ether oxygens (including phenoxy) is 1. The second-order valence-electron chi connectivity index (χ2n) is 2.80. The average Bonchev–Trinajstić information content (AvgIpc) is 2.34. The number of hydrogen-bond acceptors (Lipinski definition) is 1. The smallest absolute Gasteiger partial charge is 0.124 e. The number of fused-ring (bicyclic) bond motifs is 1. The molecule has 0 spiro atoms.